The molecule has 2 aromatic carbocycles. The van der Waals surface area contributed by atoms with Gasteiger partial charge >= 0.3 is 0 Å². The summed E-state index contributed by atoms with van der Waals surface area (Å²) >= 11 is 0. The Morgan fingerprint density at radius 3 is 2.71 bits per heavy atom. The zero-order valence-electron chi connectivity index (χ0n) is 13.2. The lowest BCUT2D eigenvalue weighted by molar-refractivity contribution is -0.123. The van der Waals surface area contributed by atoms with Crippen LogP contribution in [0.4, 0.5) is 10.1 Å². The molecule has 0 spiro atoms. The first-order chi connectivity index (χ1) is 11.5. The first-order valence-electron chi connectivity index (χ1n) is 7.55. The Balaban J connectivity index is 1.88. The van der Waals surface area contributed by atoms with Crippen molar-refractivity contribution in [2.45, 2.75) is 6.42 Å². The fraction of sp³-hybridized carbons (Fsp3) is 0.222. The molecule has 0 bridgehead atoms. The molecule has 6 heteroatoms. The third-order valence-electron chi connectivity index (χ3n) is 4.15. The van der Waals surface area contributed by atoms with Crippen LogP contribution >= 0.6 is 0 Å². The minimum atomic E-state index is -0.783. The Kier molecular flexibility index (Phi) is 4.20. The number of nitrogens with zero attached hydrogens (tertiary/aromatic N) is 1. The van der Waals surface area contributed by atoms with Crippen molar-refractivity contribution in [1.29, 1.82) is 0 Å². The molecule has 124 valence electrons. The van der Waals surface area contributed by atoms with E-state index in [1.165, 1.54) is 25.2 Å². The van der Waals surface area contributed by atoms with Gasteiger partial charge in [-0.25, -0.2) is 4.39 Å². The van der Waals surface area contributed by atoms with Gasteiger partial charge in [0, 0.05) is 7.05 Å². The van der Waals surface area contributed by atoms with Crippen molar-refractivity contribution in [2.75, 3.05) is 18.6 Å². The number of amides is 2. The maximum absolute atomic E-state index is 14.2. The first kappa shape index (κ1) is 16.0. The number of benzene rings is 2. The molecule has 2 N–H and O–H groups in total. The van der Waals surface area contributed by atoms with E-state index in [1.807, 2.05) is 24.3 Å². The van der Waals surface area contributed by atoms with Crippen LogP contribution in [0.25, 0.3) is 0 Å². The second kappa shape index (κ2) is 6.31. The van der Waals surface area contributed by atoms with Gasteiger partial charge in [-0.2, -0.15) is 0 Å². The van der Waals surface area contributed by atoms with E-state index in [9.17, 15) is 14.0 Å². The molecule has 1 aliphatic rings. The van der Waals surface area contributed by atoms with Crippen LogP contribution < -0.4 is 15.4 Å². The lowest BCUT2D eigenvalue weighted by Gasteiger charge is -2.29. The van der Waals surface area contributed by atoms with Gasteiger partial charge in [0.2, 0.25) is 5.91 Å². The average Bonchev–Trinajstić information content (AvgIpc) is 2.59. The molecule has 0 saturated carbocycles. The number of nitrogens with two attached hydrogens (primary N) is 1. The maximum Gasteiger partial charge on any atom is 0.250 e. The third-order valence-corrected chi connectivity index (χ3v) is 4.15. The van der Waals surface area contributed by atoms with E-state index in [4.69, 9.17) is 10.5 Å². The molecule has 0 fully saturated rings. The third kappa shape index (κ3) is 2.82. The van der Waals surface area contributed by atoms with Crippen LogP contribution in [-0.2, 0) is 11.2 Å². The highest BCUT2D eigenvalue weighted by molar-refractivity contribution is 6.04. The van der Waals surface area contributed by atoms with Gasteiger partial charge in [-0.15, -0.1) is 0 Å². The van der Waals surface area contributed by atoms with E-state index in [2.05, 4.69) is 0 Å². The summed E-state index contributed by atoms with van der Waals surface area (Å²) in [5.74, 6) is -1.47. The van der Waals surface area contributed by atoms with Gasteiger partial charge in [0.25, 0.3) is 5.91 Å². The van der Waals surface area contributed by atoms with Gasteiger partial charge in [-0.3, -0.25) is 9.59 Å². The quantitative estimate of drug-likeness (QED) is 0.938. The molecule has 0 unspecified atom stereocenters. The van der Waals surface area contributed by atoms with Crippen molar-refractivity contribution in [3.8, 4) is 5.75 Å². The highest BCUT2D eigenvalue weighted by atomic mass is 19.1. The summed E-state index contributed by atoms with van der Waals surface area (Å²) in [4.78, 5) is 25.4. The van der Waals surface area contributed by atoms with Crippen LogP contribution in [0.2, 0.25) is 0 Å². The molecule has 2 amide bonds. The van der Waals surface area contributed by atoms with E-state index >= 15 is 0 Å². The lowest BCUT2D eigenvalue weighted by atomic mass is 9.95. The summed E-state index contributed by atoms with van der Waals surface area (Å²) in [6.45, 7) is 0.209. The summed E-state index contributed by atoms with van der Waals surface area (Å²) in [6, 6.07) is 11.5. The molecule has 0 radical (unpaired) electrons. The zero-order valence-corrected chi connectivity index (χ0v) is 13.2. The topological polar surface area (TPSA) is 72.6 Å². The summed E-state index contributed by atoms with van der Waals surface area (Å²) in [5.41, 5.74) is 6.10. The molecule has 24 heavy (non-hydrogen) atoms. The van der Waals surface area contributed by atoms with E-state index < -0.39 is 17.6 Å². The number of fused-ring (bicyclic) bond motifs is 1. The van der Waals surface area contributed by atoms with Gasteiger partial charge in [0.15, 0.2) is 0 Å². The van der Waals surface area contributed by atoms with Gasteiger partial charge in [-0.1, -0.05) is 24.3 Å². The molecule has 1 aliphatic heterocycles. The van der Waals surface area contributed by atoms with E-state index in [0.717, 1.165) is 16.2 Å². The van der Waals surface area contributed by atoms with Crippen LogP contribution in [-0.4, -0.2) is 25.5 Å². The molecule has 3 rings (SSSR count). The van der Waals surface area contributed by atoms with E-state index in [0.29, 0.717) is 6.42 Å². The van der Waals surface area contributed by atoms with Crippen LogP contribution in [0.5, 0.6) is 5.75 Å². The summed E-state index contributed by atoms with van der Waals surface area (Å²) in [7, 11) is 1.44. The Hall–Kier alpha value is -2.89. The van der Waals surface area contributed by atoms with Crippen LogP contribution in [0.3, 0.4) is 0 Å². The van der Waals surface area contributed by atoms with Gasteiger partial charge in [-0.05, 0) is 30.2 Å². The Bertz CT molecular complexity index is 807. The number of hydrogen-bond acceptors (Lipinski definition) is 3. The Morgan fingerprint density at radius 1 is 1.21 bits per heavy atom. The van der Waals surface area contributed by atoms with E-state index in [1.54, 1.807) is 0 Å². The maximum atomic E-state index is 14.2. The van der Waals surface area contributed by atoms with Crippen molar-refractivity contribution in [1.82, 2.24) is 0 Å². The number of halogens is 1. The number of hydrogen-bond donors (Lipinski definition) is 1. The summed E-state index contributed by atoms with van der Waals surface area (Å²) < 4.78 is 19.8. The normalized spacial score (nSPS) is 16.0. The van der Waals surface area contributed by atoms with Crippen LogP contribution in [0, 0.1) is 11.7 Å². The minimum absolute atomic E-state index is 0.0250. The summed E-state index contributed by atoms with van der Waals surface area (Å²) in [6.07, 6.45) is 0.500. The first-order valence-corrected chi connectivity index (χ1v) is 7.55. The van der Waals surface area contributed by atoms with Crippen molar-refractivity contribution in [2.24, 2.45) is 11.7 Å². The fourth-order valence-electron chi connectivity index (χ4n) is 2.93. The molecule has 5 nitrogen and oxygen atoms in total. The Morgan fingerprint density at radius 2 is 1.96 bits per heavy atom. The number of carbonyl (C=O) groups is 2. The zero-order chi connectivity index (χ0) is 17.3. The predicted octanol–water partition coefficient (Wildman–Crippen LogP) is 2.14. The van der Waals surface area contributed by atoms with Crippen LogP contribution in [0.1, 0.15) is 15.9 Å². The summed E-state index contributed by atoms with van der Waals surface area (Å²) in [5, 5.41) is 0. The highest BCUT2D eigenvalue weighted by Crippen LogP contribution is 2.30. The molecule has 1 atom stereocenters. The van der Waals surface area contributed by atoms with Gasteiger partial charge in [0.05, 0.1) is 17.2 Å². The Labute approximate surface area is 138 Å². The molecule has 2 aromatic rings. The SMILES string of the molecule is CN(C(=O)[C@@H]1COc2ccccc2C1)c1c(F)cccc1C(N)=O. The standard InChI is InChI=1S/C18H17FN2O3/c1-21(16-13(17(20)22)6-4-7-14(16)19)18(23)12-9-11-5-2-3-8-15(11)24-10-12/h2-8,12H,9-10H2,1H3,(H2,20,22)/t12-/m0/s1. The lowest BCUT2D eigenvalue weighted by Crippen LogP contribution is -2.40. The fourth-order valence-corrected chi connectivity index (χ4v) is 2.93. The number of rotatable bonds is 3. The van der Waals surface area contributed by atoms with Gasteiger partial charge in [0.1, 0.15) is 18.2 Å². The average molecular weight is 328 g/mol. The minimum Gasteiger partial charge on any atom is -0.492 e. The molecule has 0 aromatic heterocycles. The molecular formula is C18H17FN2O3. The number of ether oxygens (including phenoxy) is 1. The number of anilines is 1. The van der Waals surface area contributed by atoms with Crippen molar-refractivity contribution < 1.29 is 18.7 Å². The molecule has 0 aliphatic carbocycles. The monoisotopic (exact) mass is 328 g/mol. The van der Waals surface area contributed by atoms with Gasteiger partial charge < -0.3 is 15.4 Å². The smallest absolute Gasteiger partial charge is 0.250 e. The molecule has 0 saturated heterocycles. The van der Waals surface area contributed by atoms with Crippen molar-refractivity contribution >= 4 is 17.5 Å². The second-order valence-electron chi connectivity index (χ2n) is 5.72. The van der Waals surface area contributed by atoms with Crippen molar-refractivity contribution in [3.63, 3.8) is 0 Å². The highest BCUT2D eigenvalue weighted by Gasteiger charge is 2.31. The van der Waals surface area contributed by atoms with Crippen molar-refractivity contribution in [3.05, 3.63) is 59.4 Å². The van der Waals surface area contributed by atoms with Crippen LogP contribution in [0.15, 0.2) is 42.5 Å². The number of primary amides is 1. The largest absolute Gasteiger partial charge is 0.492 e. The molecule has 1 heterocycles. The number of para-hydroxylation sites is 2. The molecular weight excluding hydrogens is 311 g/mol. The van der Waals surface area contributed by atoms with E-state index in [-0.39, 0.29) is 23.8 Å². The number of carbonyl (C=O) groups excluding carboxylic acids is 2. The predicted molar refractivity (Wildman–Crippen MR) is 87.5 cm³/mol. The second-order valence-corrected chi connectivity index (χ2v) is 5.72.